The Morgan fingerprint density at radius 2 is 2.17 bits per heavy atom. The van der Waals surface area contributed by atoms with Gasteiger partial charge in [0.15, 0.2) is 0 Å². The van der Waals surface area contributed by atoms with E-state index >= 15 is 0 Å². The van der Waals surface area contributed by atoms with Crippen molar-refractivity contribution < 1.29 is 17.9 Å². The summed E-state index contributed by atoms with van der Waals surface area (Å²) in [6.07, 6.45) is 1.48. The second kappa shape index (κ2) is 5.64. The summed E-state index contributed by atoms with van der Waals surface area (Å²) in [5.41, 5.74) is 1.49. The lowest BCUT2D eigenvalue weighted by Crippen LogP contribution is -2.15. The second-order valence-electron chi connectivity index (χ2n) is 5.35. The quantitative estimate of drug-likeness (QED) is 0.883. The summed E-state index contributed by atoms with van der Waals surface area (Å²) < 4.78 is 28.2. The number of anilines is 1. The van der Waals surface area contributed by atoms with Gasteiger partial charge in [0.1, 0.15) is 5.75 Å². The van der Waals surface area contributed by atoms with E-state index in [9.17, 15) is 13.2 Å². The van der Waals surface area contributed by atoms with Gasteiger partial charge in [0, 0.05) is 17.8 Å². The molecule has 3 rings (SSSR count). The van der Waals surface area contributed by atoms with Crippen LogP contribution < -0.4 is 15.2 Å². The molecule has 1 aromatic heterocycles. The molecule has 1 unspecified atom stereocenters. The first-order valence-corrected chi connectivity index (χ1v) is 8.46. The Bertz CT molecular complexity index is 880. The Balaban J connectivity index is 1.83. The Hall–Kier alpha value is -2.45. The van der Waals surface area contributed by atoms with Crippen molar-refractivity contribution in [2.24, 2.45) is 5.14 Å². The Morgan fingerprint density at radius 1 is 1.39 bits per heavy atom. The van der Waals surface area contributed by atoms with Crippen LogP contribution in [0.5, 0.6) is 5.75 Å². The van der Waals surface area contributed by atoms with Crippen LogP contribution in [0.1, 0.15) is 28.9 Å². The summed E-state index contributed by atoms with van der Waals surface area (Å²) in [6.45, 7) is 2.54. The summed E-state index contributed by atoms with van der Waals surface area (Å²) in [7, 11) is -3.82. The number of hydrogen-bond donors (Lipinski definition) is 2. The molecule has 0 aliphatic carbocycles. The number of rotatable bonds is 3. The van der Waals surface area contributed by atoms with Crippen molar-refractivity contribution in [3.8, 4) is 5.75 Å². The number of carbonyl (C=O) groups excluding carboxylic acids is 1. The van der Waals surface area contributed by atoms with Crippen LogP contribution in [0.15, 0.2) is 41.4 Å². The van der Waals surface area contributed by atoms with Crippen molar-refractivity contribution in [1.29, 1.82) is 0 Å². The van der Waals surface area contributed by atoms with Crippen LogP contribution in [-0.2, 0) is 10.0 Å². The van der Waals surface area contributed by atoms with Gasteiger partial charge in [-0.25, -0.2) is 13.6 Å². The van der Waals surface area contributed by atoms with E-state index in [2.05, 4.69) is 10.3 Å². The third-order valence-corrected chi connectivity index (χ3v) is 4.43. The van der Waals surface area contributed by atoms with Crippen LogP contribution in [0, 0.1) is 0 Å². The maximum atomic E-state index is 12.3. The van der Waals surface area contributed by atoms with Crippen LogP contribution in [-0.4, -0.2) is 25.9 Å². The molecule has 0 spiro atoms. The first-order chi connectivity index (χ1) is 10.8. The van der Waals surface area contributed by atoms with Gasteiger partial charge in [-0.05, 0) is 24.3 Å². The van der Waals surface area contributed by atoms with Crippen LogP contribution in [0.2, 0.25) is 0 Å². The molecular formula is C15H15N3O4S. The number of sulfonamides is 1. The largest absolute Gasteiger partial charge is 0.491 e. The molecule has 0 saturated carbocycles. The van der Waals surface area contributed by atoms with Gasteiger partial charge in [-0.3, -0.25) is 9.78 Å². The summed E-state index contributed by atoms with van der Waals surface area (Å²) in [5, 5.41) is 7.69. The zero-order valence-corrected chi connectivity index (χ0v) is 13.1. The predicted octanol–water partition coefficient (Wildman–Crippen LogP) is 1.48. The standard InChI is InChI=1S/C15H15N3O4S/c1-9-8-22-13-5-10(7-17-14(9)13)15(19)18-11-3-2-4-12(6-11)23(16,20)21/h2-7,9H,8H2,1H3,(H,18,19)(H2,16,20,21). The van der Waals surface area contributed by atoms with Crippen LogP contribution in [0.3, 0.4) is 0 Å². The summed E-state index contributed by atoms with van der Waals surface area (Å²) in [5.74, 6) is 0.395. The molecule has 1 atom stereocenters. The van der Waals surface area contributed by atoms with Crippen LogP contribution in [0.4, 0.5) is 5.69 Å². The van der Waals surface area contributed by atoms with E-state index in [1.165, 1.54) is 24.4 Å². The van der Waals surface area contributed by atoms with E-state index < -0.39 is 15.9 Å². The molecule has 0 fully saturated rings. The lowest BCUT2D eigenvalue weighted by Gasteiger charge is -2.08. The highest BCUT2D eigenvalue weighted by molar-refractivity contribution is 7.89. The number of fused-ring (bicyclic) bond motifs is 1. The predicted molar refractivity (Wildman–Crippen MR) is 83.9 cm³/mol. The third kappa shape index (κ3) is 3.17. The SMILES string of the molecule is CC1COc2cc(C(=O)Nc3cccc(S(N)(=O)=O)c3)cnc21. The maximum absolute atomic E-state index is 12.3. The van der Waals surface area contributed by atoms with Crippen LogP contribution in [0.25, 0.3) is 0 Å². The van der Waals surface area contributed by atoms with Crippen molar-refractivity contribution in [2.45, 2.75) is 17.7 Å². The van der Waals surface area contributed by atoms with Gasteiger partial charge < -0.3 is 10.1 Å². The minimum atomic E-state index is -3.82. The van der Waals surface area contributed by atoms with E-state index in [1.54, 1.807) is 12.1 Å². The Labute approximate surface area is 133 Å². The lowest BCUT2D eigenvalue weighted by molar-refractivity contribution is 0.102. The fourth-order valence-corrected chi connectivity index (χ4v) is 2.87. The normalized spacial score (nSPS) is 16.5. The molecule has 1 aliphatic heterocycles. The molecule has 120 valence electrons. The monoisotopic (exact) mass is 333 g/mol. The number of hydrogen-bond acceptors (Lipinski definition) is 5. The number of carbonyl (C=O) groups is 1. The molecular weight excluding hydrogens is 318 g/mol. The fraction of sp³-hybridized carbons (Fsp3) is 0.200. The number of nitrogens with two attached hydrogens (primary N) is 1. The molecule has 0 radical (unpaired) electrons. The van der Waals surface area contributed by atoms with E-state index in [0.29, 0.717) is 23.6 Å². The fourth-order valence-electron chi connectivity index (χ4n) is 2.31. The minimum absolute atomic E-state index is 0.0699. The van der Waals surface area contributed by atoms with Crippen molar-refractivity contribution in [1.82, 2.24) is 4.98 Å². The van der Waals surface area contributed by atoms with E-state index in [-0.39, 0.29) is 10.8 Å². The molecule has 1 amide bonds. The highest BCUT2D eigenvalue weighted by Gasteiger charge is 2.23. The molecule has 1 aliphatic rings. The van der Waals surface area contributed by atoms with Crippen molar-refractivity contribution >= 4 is 21.6 Å². The molecule has 2 aromatic rings. The molecule has 0 bridgehead atoms. The summed E-state index contributed by atoms with van der Waals surface area (Å²) >= 11 is 0. The zero-order chi connectivity index (χ0) is 16.6. The first kappa shape index (κ1) is 15.4. The molecule has 23 heavy (non-hydrogen) atoms. The Kier molecular flexibility index (Phi) is 3.78. The average Bonchev–Trinajstić information content (AvgIpc) is 2.87. The molecule has 7 nitrogen and oxygen atoms in total. The highest BCUT2D eigenvalue weighted by atomic mass is 32.2. The smallest absolute Gasteiger partial charge is 0.257 e. The minimum Gasteiger partial charge on any atom is -0.491 e. The van der Waals surface area contributed by atoms with Crippen LogP contribution >= 0.6 is 0 Å². The van der Waals surface area contributed by atoms with Gasteiger partial charge in [0.25, 0.3) is 5.91 Å². The number of benzene rings is 1. The number of amides is 1. The van der Waals surface area contributed by atoms with Crippen molar-refractivity contribution in [3.63, 3.8) is 0 Å². The lowest BCUT2D eigenvalue weighted by atomic mass is 10.1. The molecule has 0 saturated heterocycles. The second-order valence-corrected chi connectivity index (χ2v) is 6.91. The van der Waals surface area contributed by atoms with Gasteiger partial charge >= 0.3 is 0 Å². The molecule has 2 heterocycles. The van der Waals surface area contributed by atoms with Crippen molar-refractivity contribution in [2.75, 3.05) is 11.9 Å². The maximum Gasteiger partial charge on any atom is 0.257 e. The topological polar surface area (TPSA) is 111 Å². The first-order valence-electron chi connectivity index (χ1n) is 6.91. The number of nitrogens with zero attached hydrogens (tertiary/aromatic N) is 1. The zero-order valence-electron chi connectivity index (χ0n) is 12.3. The highest BCUT2D eigenvalue weighted by Crippen LogP contribution is 2.32. The number of nitrogens with one attached hydrogen (secondary N) is 1. The van der Waals surface area contributed by atoms with Gasteiger partial charge in [-0.1, -0.05) is 13.0 Å². The molecule has 1 aromatic carbocycles. The number of ether oxygens (including phenoxy) is 1. The summed E-state index contributed by atoms with van der Waals surface area (Å²) in [4.78, 5) is 16.5. The van der Waals surface area contributed by atoms with E-state index in [0.717, 1.165) is 5.69 Å². The number of pyridine rings is 1. The van der Waals surface area contributed by atoms with Crippen molar-refractivity contribution in [3.05, 3.63) is 47.8 Å². The van der Waals surface area contributed by atoms with E-state index in [1.807, 2.05) is 6.92 Å². The third-order valence-electron chi connectivity index (χ3n) is 3.52. The van der Waals surface area contributed by atoms with E-state index in [4.69, 9.17) is 9.88 Å². The molecule has 3 N–H and O–H groups in total. The van der Waals surface area contributed by atoms with Gasteiger partial charge in [0.2, 0.25) is 10.0 Å². The van der Waals surface area contributed by atoms with Gasteiger partial charge in [-0.2, -0.15) is 0 Å². The molecule has 8 heteroatoms. The Morgan fingerprint density at radius 3 is 2.91 bits per heavy atom. The number of primary sulfonamides is 1. The van der Waals surface area contributed by atoms with Gasteiger partial charge in [-0.15, -0.1) is 0 Å². The average molecular weight is 333 g/mol. The van der Waals surface area contributed by atoms with Gasteiger partial charge in [0.05, 0.1) is 22.8 Å². The number of aromatic nitrogens is 1. The summed E-state index contributed by atoms with van der Waals surface area (Å²) in [6, 6.07) is 7.36.